The Balaban J connectivity index is 1.29. The fourth-order valence-electron chi connectivity index (χ4n) is 5.61. The van der Waals surface area contributed by atoms with Crippen LogP contribution in [-0.4, -0.2) is 55.6 Å². The van der Waals surface area contributed by atoms with Crippen molar-refractivity contribution in [3.8, 4) is 5.75 Å². The molecule has 1 aromatic carbocycles. The van der Waals surface area contributed by atoms with Crippen molar-refractivity contribution in [2.75, 3.05) is 39.9 Å². The summed E-state index contributed by atoms with van der Waals surface area (Å²) in [5, 5.41) is 0. The van der Waals surface area contributed by atoms with Gasteiger partial charge >= 0.3 is 0 Å². The van der Waals surface area contributed by atoms with E-state index in [0.717, 1.165) is 56.8 Å². The van der Waals surface area contributed by atoms with Gasteiger partial charge in [0.2, 0.25) is 0 Å². The number of hydrogen-bond acceptors (Lipinski definition) is 5. The van der Waals surface area contributed by atoms with E-state index >= 15 is 0 Å². The van der Waals surface area contributed by atoms with E-state index in [2.05, 4.69) is 24.0 Å². The zero-order chi connectivity index (χ0) is 22.1. The number of carbonyl (C=O) groups is 1. The number of rotatable bonds is 5. The average Bonchev–Trinajstić information content (AvgIpc) is 3.49. The van der Waals surface area contributed by atoms with Crippen LogP contribution < -0.4 is 4.74 Å². The predicted molar refractivity (Wildman–Crippen MR) is 122 cm³/mol. The molecule has 0 atom stereocenters. The van der Waals surface area contributed by atoms with E-state index in [4.69, 9.17) is 13.9 Å². The fourth-order valence-corrected chi connectivity index (χ4v) is 5.61. The molecular weight excluding hydrogens is 404 g/mol. The van der Waals surface area contributed by atoms with Crippen molar-refractivity contribution in [2.45, 2.75) is 57.6 Å². The molecule has 1 amide bonds. The molecule has 2 fully saturated rings. The Morgan fingerprint density at radius 3 is 2.62 bits per heavy atom. The second-order valence-electron chi connectivity index (χ2n) is 9.30. The van der Waals surface area contributed by atoms with Crippen LogP contribution in [0.2, 0.25) is 0 Å². The maximum absolute atomic E-state index is 13.3. The molecule has 0 bridgehead atoms. The maximum Gasteiger partial charge on any atom is 0.289 e. The Bertz CT molecular complexity index is 968. The van der Waals surface area contributed by atoms with E-state index in [9.17, 15) is 4.79 Å². The van der Waals surface area contributed by atoms with Crippen LogP contribution in [-0.2, 0) is 29.7 Å². The van der Waals surface area contributed by atoms with Crippen LogP contribution in [0.1, 0.15) is 65.6 Å². The van der Waals surface area contributed by atoms with Crippen LogP contribution in [0.15, 0.2) is 28.7 Å². The highest BCUT2D eigenvalue weighted by molar-refractivity contribution is 5.92. The van der Waals surface area contributed by atoms with Gasteiger partial charge in [0.15, 0.2) is 5.76 Å². The molecule has 0 radical (unpaired) electrons. The van der Waals surface area contributed by atoms with Crippen molar-refractivity contribution in [3.05, 3.63) is 52.5 Å². The second-order valence-corrected chi connectivity index (χ2v) is 9.30. The maximum atomic E-state index is 13.3. The van der Waals surface area contributed by atoms with E-state index in [0.29, 0.717) is 25.5 Å². The smallest absolute Gasteiger partial charge is 0.289 e. The summed E-state index contributed by atoms with van der Waals surface area (Å²) in [6.07, 6.45) is 5.86. The minimum Gasteiger partial charge on any atom is -0.497 e. The van der Waals surface area contributed by atoms with E-state index in [1.165, 1.54) is 29.5 Å². The summed E-state index contributed by atoms with van der Waals surface area (Å²) in [6, 6.07) is 8.29. The molecule has 1 aromatic heterocycles. The van der Waals surface area contributed by atoms with E-state index in [-0.39, 0.29) is 11.5 Å². The molecule has 2 saturated heterocycles. The molecule has 1 spiro atoms. The molecule has 4 heterocycles. The highest BCUT2D eigenvalue weighted by Gasteiger charge is 2.42. The third-order valence-electron chi connectivity index (χ3n) is 7.43. The van der Waals surface area contributed by atoms with Crippen molar-refractivity contribution in [3.63, 3.8) is 0 Å². The SMILES string of the molecule is CCc1oc(C(=O)N2CCC3(CC2)OCCc2cc(OC)ccc23)cc1CN1CCCC1. The van der Waals surface area contributed by atoms with Crippen LogP contribution in [0.3, 0.4) is 0 Å². The van der Waals surface area contributed by atoms with E-state index < -0.39 is 0 Å². The van der Waals surface area contributed by atoms with Gasteiger partial charge in [0.05, 0.1) is 19.3 Å². The number of aryl methyl sites for hydroxylation is 1. The minimum atomic E-state index is -0.296. The number of carbonyl (C=O) groups excluding carboxylic acids is 1. The number of piperidine rings is 1. The van der Waals surface area contributed by atoms with Crippen molar-refractivity contribution in [1.29, 1.82) is 0 Å². The van der Waals surface area contributed by atoms with Gasteiger partial charge in [0, 0.05) is 31.6 Å². The number of fused-ring (bicyclic) bond motifs is 2. The van der Waals surface area contributed by atoms with Crippen LogP contribution in [0.5, 0.6) is 5.75 Å². The van der Waals surface area contributed by atoms with Crippen LogP contribution in [0.25, 0.3) is 0 Å². The molecule has 3 aliphatic heterocycles. The number of methoxy groups -OCH3 is 1. The van der Waals surface area contributed by atoms with Crippen LogP contribution >= 0.6 is 0 Å². The largest absolute Gasteiger partial charge is 0.497 e. The Labute approximate surface area is 190 Å². The van der Waals surface area contributed by atoms with Gasteiger partial charge < -0.3 is 18.8 Å². The van der Waals surface area contributed by atoms with Gasteiger partial charge in [-0.3, -0.25) is 9.69 Å². The lowest BCUT2D eigenvalue weighted by molar-refractivity contribution is -0.0937. The minimum absolute atomic E-state index is 0.00739. The second kappa shape index (κ2) is 8.91. The summed E-state index contributed by atoms with van der Waals surface area (Å²) in [5.74, 6) is 2.34. The molecule has 0 saturated carbocycles. The number of furan rings is 1. The van der Waals surface area contributed by atoms with Gasteiger partial charge in [0.25, 0.3) is 5.91 Å². The molecule has 3 aliphatic rings. The van der Waals surface area contributed by atoms with Crippen molar-refractivity contribution in [2.24, 2.45) is 0 Å². The molecule has 0 N–H and O–H groups in total. The fraction of sp³-hybridized carbons (Fsp3) is 0.577. The summed E-state index contributed by atoms with van der Waals surface area (Å²) in [4.78, 5) is 17.7. The number of hydrogen-bond donors (Lipinski definition) is 0. The number of likely N-dealkylation sites (tertiary alicyclic amines) is 2. The zero-order valence-electron chi connectivity index (χ0n) is 19.3. The summed E-state index contributed by atoms with van der Waals surface area (Å²) in [6.45, 7) is 7.32. The molecule has 6 heteroatoms. The molecule has 2 aromatic rings. The average molecular weight is 439 g/mol. The molecule has 32 heavy (non-hydrogen) atoms. The molecule has 172 valence electrons. The zero-order valence-corrected chi connectivity index (χ0v) is 19.3. The monoisotopic (exact) mass is 438 g/mol. The molecular formula is C26H34N2O4. The first-order valence-electron chi connectivity index (χ1n) is 12.1. The normalized spacial score (nSPS) is 20.5. The highest BCUT2D eigenvalue weighted by atomic mass is 16.5. The van der Waals surface area contributed by atoms with Crippen molar-refractivity contribution < 1.29 is 18.7 Å². The Hall–Kier alpha value is -2.31. The third-order valence-corrected chi connectivity index (χ3v) is 7.43. The van der Waals surface area contributed by atoms with Crippen molar-refractivity contribution >= 4 is 5.91 Å². The summed E-state index contributed by atoms with van der Waals surface area (Å²) in [5.41, 5.74) is 3.44. The Morgan fingerprint density at radius 1 is 1.12 bits per heavy atom. The predicted octanol–water partition coefficient (Wildman–Crippen LogP) is 4.15. The van der Waals surface area contributed by atoms with Gasteiger partial charge in [-0.25, -0.2) is 0 Å². The van der Waals surface area contributed by atoms with E-state index in [1.54, 1.807) is 7.11 Å². The third kappa shape index (κ3) is 3.95. The summed E-state index contributed by atoms with van der Waals surface area (Å²) in [7, 11) is 1.70. The lowest BCUT2D eigenvalue weighted by Gasteiger charge is -2.45. The molecule has 0 aliphatic carbocycles. The molecule has 0 unspecified atom stereocenters. The number of amides is 1. The lowest BCUT2D eigenvalue weighted by atomic mass is 9.79. The first-order valence-corrected chi connectivity index (χ1v) is 12.1. The number of benzene rings is 1. The number of nitrogens with zero attached hydrogens (tertiary/aromatic N) is 2. The van der Waals surface area contributed by atoms with E-state index in [1.807, 2.05) is 17.0 Å². The summed E-state index contributed by atoms with van der Waals surface area (Å²) < 4.78 is 17.8. The first kappa shape index (κ1) is 21.5. The van der Waals surface area contributed by atoms with Gasteiger partial charge in [-0.2, -0.15) is 0 Å². The lowest BCUT2D eigenvalue weighted by Crippen LogP contribution is -2.48. The van der Waals surface area contributed by atoms with Gasteiger partial charge in [-0.1, -0.05) is 13.0 Å². The quantitative estimate of drug-likeness (QED) is 0.702. The molecule has 5 rings (SSSR count). The van der Waals surface area contributed by atoms with Gasteiger partial charge in [-0.15, -0.1) is 0 Å². The standard InChI is InChI=1S/C26H34N2O4/c1-3-23-20(18-27-11-4-5-12-27)17-24(32-23)25(29)28-13-9-26(10-14-28)22-7-6-21(30-2)16-19(22)8-15-31-26/h6-7,16-17H,3-5,8-15,18H2,1-2H3. The number of ether oxygens (including phenoxy) is 2. The van der Waals surface area contributed by atoms with Crippen LogP contribution in [0, 0.1) is 0 Å². The molecule has 6 nitrogen and oxygen atoms in total. The van der Waals surface area contributed by atoms with Crippen LogP contribution in [0.4, 0.5) is 0 Å². The first-order chi connectivity index (χ1) is 15.6. The summed E-state index contributed by atoms with van der Waals surface area (Å²) >= 11 is 0. The highest BCUT2D eigenvalue weighted by Crippen LogP contribution is 2.42. The van der Waals surface area contributed by atoms with Gasteiger partial charge in [-0.05, 0) is 74.5 Å². The van der Waals surface area contributed by atoms with Gasteiger partial charge in [0.1, 0.15) is 11.5 Å². The topological polar surface area (TPSA) is 55.2 Å². The Kier molecular flexibility index (Phi) is 5.99. The van der Waals surface area contributed by atoms with Crippen molar-refractivity contribution in [1.82, 2.24) is 9.80 Å². The Morgan fingerprint density at radius 2 is 1.91 bits per heavy atom.